The first-order chi connectivity index (χ1) is 17.2. The largest absolute Gasteiger partial charge is 0.346 e. The van der Waals surface area contributed by atoms with E-state index < -0.39 is 0 Å². The predicted octanol–water partition coefficient (Wildman–Crippen LogP) is 6.58. The SMILES string of the molecule is Cc1cnc(Cc2nc3ccccc3n2C2C[C@H]3CCC[C@@H](C2)N3C2C[C@H]3CCCC[C@@H](C2)C3)[nH]1. The Morgan fingerprint density at radius 1 is 0.829 bits per heavy atom. The van der Waals surface area contributed by atoms with Crippen LogP contribution < -0.4 is 0 Å². The maximum Gasteiger partial charge on any atom is 0.117 e. The normalized spacial score (nSPS) is 33.6. The quantitative estimate of drug-likeness (QED) is 0.468. The molecule has 5 nitrogen and oxygen atoms in total. The number of nitrogens with zero attached hydrogens (tertiary/aromatic N) is 4. The van der Waals surface area contributed by atoms with E-state index in [9.17, 15) is 0 Å². The summed E-state index contributed by atoms with van der Waals surface area (Å²) in [4.78, 5) is 16.3. The molecule has 4 bridgehead atoms. The van der Waals surface area contributed by atoms with Crippen molar-refractivity contribution in [1.82, 2.24) is 24.4 Å². The molecule has 2 aromatic heterocycles. The highest BCUT2D eigenvalue weighted by atomic mass is 15.3. The van der Waals surface area contributed by atoms with Crippen molar-refractivity contribution in [3.63, 3.8) is 0 Å². The van der Waals surface area contributed by atoms with Gasteiger partial charge in [-0.15, -0.1) is 0 Å². The summed E-state index contributed by atoms with van der Waals surface area (Å²) in [6, 6.07) is 11.7. The number of H-pyrrole nitrogens is 1. The van der Waals surface area contributed by atoms with Crippen LogP contribution in [0.5, 0.6) is 0 Å². The Morgan fingerprint density at radius 3 is 2.29 bits per heavy atom. The van der Waals surface area contributed by atoms with Gasteiger partial charge >= 0.3 is 0 Å². The molecule has 1 N–H and O–H groups in total. The number of benzene rings is 1. The molecule has 2 unspecified atom stereocenters. The number of hydrogen-bond acceptors (Lipinski definition) is 3. The van der Waals surface area contributed by atoms with Gasteiger partial charge in [0.1, 0.15) is 11.6 Å². The summed E-state index contributed by atoms with van der Waals surface area (Å²) in [7, 11) is 0. The number of hydrogen-bond donors (Lipinski definition) is 1. The topological polar surface area (TPSA) is 49.7 Å². The van der Waals surface area contributed by atoms with Gasteiger partial charge in [0.05, 0.1) is 17.5 Å². The van der Waals surface area contributed by atoms with Crippen LogP contribution in [0, 0.1) is 18.8 Å². The van der Waals surface area contributed by atoms with Crippen LogP contribution in [0.2, 0.25) is 0 Å². The fourth-order valence-electron chi connectivity index (χ4n) is 8.64. The molecule has 0 radical (unpaired) electrons. The maximum atomic E-state index is 5.13. The third-order valence-corrected chi connectivity index (χ3v) is 9.90. The predicted molar refractivity (Wildman–Crippen MR) is 140 cm³/mol. The summed E-state index contributed by atoms with van der Waals surface area (Å²) < 4.78 is 2.62. The van der Waals surface area contributed by atoms with Crippen LogP contribution in [0.1, 0.15) is 100 Å². The van der Waals surface area contributed by atoms with E-state index in [2.05, 4.69) is 50.6 Å². The molecule has 5 heteroatoms. The highest BCUT2D eigenvalue weighted by Gasteiger charge is 2.45. The molecule has 4 aliphatic rings. The Hall–Kier alpha value is -2.14. The van der Waals surface area contributed by atoms with Crippen LogP contribution in [-0.2, 0) is 6.42 Å². The minimum Gasteiger partial charge on any atom is -0.346 e. The third kappa shape index (κ3) is 4.14. The van der Waals surface area contributed by atoms with Crippen LogP contribution in [0.15, 0.2) is 30.5 Å². The number of para-hydroxylation sites is 2. The number of nitrogens with one attached hydrogen (secondary N) is 1. The number of piperidine rings is 2. The summed E-state index contributed by atoms with van der Waals surface area (Å²) >= 11 is 0. The summed E-state index contributed by atoms with van der Waals surface area (Å²) in [6.07, 6.45) is 19.9. The number of imidazole rings is 2. The lowest BCUT2D eigenvalue weighted by molar-refractivity contribution is -0.0419. The van der Waals surface area contributed by atoms with Gasteiger partial charge in [-0.2, -0.15) is 0 Å². The second-order valence-corrected chi connectivity index (χ2v) is 12.3. The van der Waals surface area contributed by atoms with Gasteiger partial charge in [-0.25, -0.2) is 9.97 Å². The number of aromatic nitrogens is 4. The molecule has 186 valence electrons. The van der Waals surface area contributed by atoms with Crippen LogP contribution in [-0.4, -0.2) is 42.5 Å². The van der Waals surface area contributed by atoms with Crippen molar-refractivity contribution >= 4 is 11.0 Å². The van der Waals surface area contributed by atoms with Gasteiger partial charge in [-0.1, -0.05) is 44.2 Å². The van der Waals surface area contributed by atoms with Crippen molar-refractivity contribution in [3.8, 4) is 0 Å². The molecule has 35 heavy (non-hydrogen) atoms. The maximum absolute atomic E-state index is 5.13. The lowest BCUT2D eigenvalue weighted by atomic mass is 9.73. The van der Waals surface area contributed by atoms with E-state index in [0.29, 0.717) is 6.04 Å². The van der Waals surface area contributed by atoms with Crippen molar-refractivity contribution in [2.75, 3.05) is 0 Å². The highest BCUT2D eigenvalue weighted by Crippen LogP contribution is 2.47. The molecule has 2 aliphatic heterocycles. The molecule has 0 amide bonds. The molecule has 0 spiro atoms. The first-order valence-electron chi connectivity index (χ1n) is 14.4. The lowest BCUT2D eigenvalue weighted by Gasteiger charge is -2.54. The minimum atomic E-state index is 0.547. The summed E-state index contributed by atoms with van der Waals surface area (Å²) in [5, 5.41) is 0. The summed E-state index contributed by atoms with van der Waals surface area (Å²) in [5.74, 6) is 4.21. The molecule has 1 aromatic carbocycles. The number of aryl methyl sites for hydroxylation is 1. The first kappa shape index (κ1) is 22.1. The van der Waals surface area contributed by atoms with Crippen LogP contribution in [0.3, 0.4) is 0 Å². The van der Waals surface area contributed by atoms with E-state index in [1.54, 1.807) is 0 Å². The second-order valence-electron chi connectivity index (χ2n) is 12.3. The Balaban J connectivity index is 1.19. The monoisotopic (exact) mass is 471 g/mol. The molecule has 2 aliphatic carbocycles. The zero-order valence-corrected chi connectivity index (χ0v) is 21.3. The molecule has 2 saturated carbocycles. The Kier molecular flexibility index (Phi) is 5.72. The molecular weight excluding hydrogens is 430 g/mol. The van der Waals surface area contributed by atoms with Crippen molar-refractivity contribution in [1.29, 1.82) is 0 Å². The Morgan fingerprint density at radius 2 is 1.57 bits per heavy atom. The Bertz CT molecular complexity index is 1150. The van der Waals surface area contributed by atoms with Gasteiger partial charge in [0.2, 0.25) is 0 Å². The molecule has 6 atom stereocenters. The first-order valence-corrected chi connectivity index (χ1v) is 14.4. The summed E-state index contributed by atoms with van der Waals surface area (Å²) in [5.41, 5.74) is 3.57. The average Bonchev–Trinajstić information content (AvgIpc) is 3.38. The fourth-order valence-corrected chi connectivity index (χ4v) is 8.64. The van der Waals surface area contributed by atoms with E-state index in [1.807, 2.05) is 6.20 Å². The van der Waals surface area contributed by atoms with E-state index in [-0.39, 0.29) is 0 Å². The zero-order valence-electron chi connectivity index (χ0n) is 21.3. The molecule has 2 saturated heterocycles. The van der Waals surface area contributed by atoms with E-state index in [4.69, 9.17) is 4.98 Å². The molecule has 7 rings (SSSR count). The second kappa shape index (κ2) is 9.06. The lowest BCUT2D eigenvalue weighted by Crippen LogP contribution is -2.58. The average molecular weight is 472 g/mol. The minimum absolute atomic E-state index is 0.547. The van der Waals surface area contributed by atoms with Crippen molar-refractivity contribution < 1.29 is 0 Å². The van der Waals surface area contributed by atoms with Crippen molar-refractivity contribution in [2.24, 2.45) is 11.8 Å². The van der Waals surface area contributed by atoms with Gasteiger partial charge in [-0.05, 0) is 75.8 Å². The van der Waals surface area contributed by atoms with Gasteiger partial charge in [-0.3, -0.25) is 4.90 Å². The zero-order chi connectivity index (χ0) is 23.4. The van der Waals surface area contributed by atoms with Gasteiger partial charge in [0, 0.05) is 36.1 Å². The summed E-state index contributed by atoms with van der Waals surface area (Å²) in [6.45, 7) is 2.08. The highest BCUT2D eigenvalue weighted by molar-refractivity contribution is 5.76. The van der Waals surface area contributed by atoms with E-state index >= 15 is 0 Å². The van der Waals surface area contributed by atoms with Crippen molar-refractivity contribution in [2.45, 2.75) is 115 Å². The van der Waals surface area contributed by atoms with Gasteiger partial charge in [0.15, 0.2) is 0 Å². The van der Waals surface area contributed by atoms with Gasteiger partial charge in [0.25, 0.3) is 0 Å². The van der Waals surface area contributed by atoms with E-state index in [1.165, 1.54) is 88.4 Å². The van der Waals surface area contributed by atoms with Crippen LogP contribution >= 0.6 is 0 Å². The fraction of sp³-hybridized carbons (Fsp3) is 0.667. The number of aromatic amines is 1. The standard InChI is InChI=1S/C30H41N5/c1-20-19-31-29(32-20)18-30-33-27-11-4-5-12-28(27)35(30)26-16-23-9-6-10-24(17-26)34(23)25-14-21-7-2-3-8-22(13-21)15-25/h4-5,11-12,19,21-26H,2-3,6-10,13-18H2,1H3,(H,31,32)/t21-,22+,23-,24+,25?,26?. The Labute approximate surface area is 209 Å². The van der Waals surface area contributed by atoms with Crippen LogP contribution in [0.4, 0.5) is 0 Å². The smallest absolute Gasteiger partial charge is 0.117 e. The van der Waals surface area contributed by atoms with Gasteiger partial charge < -0.3 is 9.55 Å². The van der Waals surface area contributed by atoms with Crippen molar-refractivity contribution in [3.05, 3.63) is 47.8 Å². The van der Waals surface area contributed by atoms with E-state index in [0.717, 1.165) is 53.4 Å². The van der Waals surface area contributed by atoms with Crippen LogP contribution in [0.25, 0.3) is 11.0 Å². The number of fused-ring (bicyclic) bond motifs is 5. The molecule has 4 heterocycles. The number of rotatable bonds is 4. The third-order valence-electron chi connectivity index (χ3n) is 9.90. The molecule has 3 aromatic rings. The molecular formula is C30H41N5. The molecule has 4 fully saturated rings.